The lowest BCUT2D eigenvalue weighted by Crippen LogP contribution is -2.32. The molecule has 1 saturated heterocycles. The summed E-state index contributed by atoms with van der Waals surface area (Å²) in [6, 6.07) is 0.402. The van der Waals surface area contributed by atoms with Crippen LogP contribution in [0, 0.1) is 6.92 Å². The average molecular weight is 315 g/mol. The molecule has 0 saturated carbocycles. The van der Waals surface area contributed by atoms with Crippen LogP contribution >= 0.6 is 0 Å². The molecule has 23 heavy (non-hydrogen) atoms. The van der Waals surface area contributed by atoms with E-state index in [0.29, 0.717) is 11.9 Å². The van der Waals surface area contributed by atoms with E-state index in [1.54, 1.807) is 6.20 Å². The molecule has 2 aromatic heterocycles. The minimum atomic E-state index is -0.610. The van der Waals surface area contributed by atoms with E-state index in [-0.39, 0.29) is 5.69 Å². The van der Waals surface area contributed by atoms with Gasteiger partial charge in [0.25, 0.3) is 5.91 Å². The standard InChI is InChI=1S/C15H21N7O/c1-10-12(20-15-13(14(16)23)17-5-6-18-15)9-19-22(10)11-3-7-21(2)8-4-11/h5-6,9,11H,3-4,7-8H2,1-2H3,(H2,16,23)(H,18,20). The summed E-state index contributed by atoms with van der Waals surface area (Å²) in [6.07, 6.45) is 6.88. The van der Waals surface area contributed by atoms with E-state index in [2.05, 4.69) is 37.0 Å². The third kappa shape index (κ3) is 3.16. The first-order valence-electron chi connectivity index (χ1n) is 7.66. The Morgan fingerprint density at radius 1 is 1.30 bits per heavy atom. The molecule has 0 bridgehead atoms. The highest BCUT2D eigenvalue weighted by Gasteiger charge is 2.22. The second-order valence-electron chi connectivity index (χ2n) is 5.87. The SMILES string of the molecule is Cc1c(Nc2nccnc2C(N)=O)cnn1C1CCN(C)CC1. The number of carbonyl (C=O) groups excluding carboxylic acids is 1. The smallest absolute Gasteiger partial charge is 0.271 e. The lowest BCUT2D eigenvalue weighted by molar-refractivity contribution is 0.0996. The number of hydrogen-bond donors (Lipinski definition) is 2. The summed E-state index contributed by atoms with van der Waals surface area (Å²) in [4.78, 5) is 21.9. The molecule has 3 N–H and O–H groups in total. The topological polar surface area (TPSA) is 102 Å². The summed E-state index contributed by atoms with van der Waals surface area (Å²) >= 11 is 0. The summed E-state index contributed by atoms with van der Waals surface area (Å²) in [5, 5.41) is 7.63. The molecule has 3 rings (SSSR count). The van der Waals surface area contributed by atoms with Crippen LogP contribution in [0.3, 0.4) is 0 Å². The fourth-order valence-corrected chi connectivity index (χ4v) is 2.89. The van der Waals surface area contributed by atoms with E-state index in [1.165, 1.54) is 12.4 Å². The Balaban J connectivity index is 1.82. The number of aromatic nitrogens is 4. The number of hydrogen-bond acceptors (Lipinski definition) is 6. The fourth-order valence-electron chi connectivity index (χ4n) is 2.89. The summed E-state index contributed by atoms with van der Waals surface area (Å²) in [7, 11) is 2.14. The lowest BCUT2D eigenvalue weighted by atomic mass is 10.1. The first-order valence-corrected chi connectivity index (χ1v) is 7.66. The van der Waals surface area contributed by atoms with Gasteiger partial charge in [-0.25, -0.2) is 9.97 Å². The number of anilines is 2. The van der Waals surface area contributed by atoms with Crippen molar-refractivity contribution < 1.29 is 4.79 Å². The van der Waals surface area contributed by atoms with Crippen LogP contribution in [0.25, 0.3) is 0 Å². The van der Waals surface area contributed by atoms with Gasteiger partial charge in [-0.2, -0.15) is 5.10 Å². The highest BCUT2D eigenvalue weighted by molar-refractivity contribution is 5.96. The monoisotopic (exact) mass is 315 g/mol. The zero-order valence-corrected chi connectivity index (χ0v) is 13.4. The van der Waals surface area contributed by atoms with Crippen LogP contribution in [-0.2, 0) is 0 Å². The molecule has 3 heterocycles. The molecule has 8 heteroatoms. The molecule has 1 aliphatic rings. The molecular weight excluding hydrogens is 294 g/mol. The quantitative estimate of drug-likeness (QED) is 0.875. The van der Waals surface area contributed by atoms with Gasteiger partial charge in [0.15, 0.2) is 11.5 Å². The van der Waals surface area contributed by atoms with Crippen molar-refractivity contribution in [2.75, 3.05) is 25.5 Å². The van der Waals surface area contributed by atoms with Crippen molar-refractivity contribution in [3.8, 4) is 0 Å². The predicted molar refractivity (Wildman–Crippen MR) is 86.6 cm³/mol. The number of rotatable bonds is 4. The van der Waals surface area contributed by atoms with Gasteiger partial charge in [-0.3, -0.25) is 9.48 Å². The Morgan fingerprint density at radius 3 is 2.70 bits per heavy atom. The summed E-state index contributed by atoms with van der Waals surface area (Å²) in [6.45, 7) is 4.15. The van der Waals surface area contributed by atoms with Crippen molar-refractivity contribution >= 4 is 17.4 Å². The Bertz CT molecular complexity index is 704. The van der Waals surface area contributed by atoms with E-state index in [1.807, 2.05) is 6.92 Å². The maximum Gasteiger partial charge on any atom is 0.271 e. The molecule has 1 aliphatic heterocycles. The molecule has 1 fully saturated rings. The number of primary amides is 1. The molecular formula is C15H21N7O. The molecule has 122 valence electrons. The number of piperidine rings is 1. The maximum absolute atomic E-state index is 11.4. The zero-order chi connectivity index (χ0) is 16.4. The zero-order valence-electron chi connectivity index (χ0n) is 13.4. The van der Waals surface area contributed by atoms with Crippen LogP contribution in [0.1, 0.15) is 35.1 Å². The van der Waals surface area contributed by atoms with Crippen LogP contribution in [0.2, 0.25) is 0 Å². The second kappa shape index (κ2) is 6.33. The largest absolute Gasteiger partial charge is 0.364 e. The number of carbonyl (C=O) groups is 1. The highest BCUT2D eigenvalue weighted by Crippen LogP contribution is 2.27. The highest BCUT2D eigenvalue weighted by atomic mass is 16.1. The number of likely N-dealkylation sites (tertiary alicyclic amines) is 1. The number of amides is 1. The van der Waals surface area contributed by atoms with Gasteiger partial charge in [0.1, 0.15) is 0 Å². The van der Waals surface area contributed by atoms with E-state index >= 15 is 0 Å². The first kappa shape index (κ1) is 15.4. The average Bonchev–Trinajstić information content (AvgIpc) is 2.90. The van der Waals surface area contributed by atoms with Gasteiger partial charge in [-0.15, -0.1) is 0 Å². The molecule has 1 amide bonds. The minimum absolute atomic E-state index is 0.124. The van der Waals surface area contributed by atoms with E-state index < -0.39 is 5.91 Å². The summed E-state index contributed by atoms with van der Waals surface area (Å²) < 4.78 is 2.05. The molecule has 0 aliphatic carbocycles. The van der Waals surface area contributed by atoms with Gasteiger partial charge in [0.05, 0.1) is 23.6 Å². The van der Waals surface area contributed by atoms with Crippen molar-refractivity contribution in [1.29, 1.82) is 0 Å². The summed E-state index contributed by atoms with van der Waals surface area (Å²) in [5.74, 6) is -0.257. The third-order valence-corrected chi connectivity index (χ3v) is 4.26. The van der Waals surface area contributed by atoms with E-state index in [0.717, 1.165) is 37.3 Å². The molecule has 0 radical (unpaired) electrons. The van der Waals surface area contributed by atoms with Crippen molar-refractivity contribution in [2.45, 2.75) is 25.8 Å². The second-order valence-corrected chi connectivity index (χ2v) is 5.87. The molecule has 0 atom stereocenters. The van der Waals surface area contributed by atoms with Crippen LogP contribution in [0.5, 0.6) is 0 Å². The normalized spacial score (nSPS) is 16.4. The number of nitrogens with two attached hydrogens (primary N) is 1. The first-order chi connectivity index (χ1) is 11.1. The fraction of sp³-hybridized carbons (Fsp3) is 0.467. The predicted octanol–water partition coefficient (Wildman–Crippen LogP) is 1.09. The van der Waals surface area contributed by atoms with Gasteiger partial charge in [0.2, 0.25) is 0 Å². The van der Waals surface area contributed by atoms with Gasteiger partial charge in [0, 0.05) is 12.4 Å². The van der Waals surface area contributed by atoms with Crippen molar-refractivity contribution in [3.63, 3.8) is 0 Å². The van der Waals surface area contributed by atoms with Gasteiger partial charge in [-0.05, 0) is 39.9 Å². The van der Waals surface area contributed by atoms with E-state index in [9.17, 15) is 4.79 Å². The molecule has 2 aromatic rings. The lowest BCUT2D eigenvalue weighted by Gasteiger charge is -2.29. The van der Waals surface area contributed by atoms with Gasteiger partial charge >= 0.3 is 0 Å². The van der Waals surface area contributed by atoms with Gasteiger partial charge < -0.3 is 16.0 Å². The number of nitrogens with zero attached hydrogens (tertiary/aromatic N) is 5. The Morgan fingerprint density at radius 2 is 2.00 bits per heavy atom. The Hall–Kier alpha value is -2.48. The maximum atomic E-state index is 11.4. The number of nitrogens with one attached hydrogen (secondary N) is 1. The van der Waals surface area contributed by atoms with Gasteiger partial charge in [-0.1, -0.05) is 0 Å². The molecule has 0 aromatic carbocycles. The molecule has 8 nitrogen and oxygen atoms in total. The van der Waals surface area contributed by atoms with Crippen molar-refractivity contribution in [1.82, 2.24) is 24.6 Å². The van der Waals surface area contributed by atoms with Crippen molar-refractivity contribution in [2.24, 2.45) is 5.73 Å². The third-order valence-electron chi connectivity index (χ3n) is 4.26. The van der Waals surface area contributed by atoms with Crippen LogP contribution < -0.4 is 11.1 Å². The van der Waals surface area contributed by atoms with Crippen LogP contribution in [0.4, 0.5) is 11.5 Å². The molecule has 0 unspecified atom stereocenters. The van der Waals surface area contributed by atoms with E-state index in [4.69, 9.17) is 5.73 Å². The summed E-state index contributed by atoms with van der Waals surface area (Å²) in [5.41, 5.74) is 7.28. The van der Waals surface area contributed by atoms with Crippen molar-refractivity contribution in [3.05, 3.63) is 30.0 Å². The van der Waals surface area contributed by atoms with Crippen LogP contribution in [0.15, 0.2) is 18.6 Å². The molecule has 0 spiro atoms. The van der Waals surface area contributed by atoms with Crippen LogP contribution in [-0.4, -0.2) is 50.7 Å². The minimum Gasteiger partial charge on any atom is -0.364 e. The Labute approximate surface area is 134 Å². The Kier molecular flexibility index (Phi) is 4.24.